The summed E-state index contributed by atoms with van der Waals surface area (Å²) in [6.07, 6.45) is 6.26. The van der Waals surface area contributed by atoms with Gasteiger partial charge in [-0.1, -0.05) is 12.1 Å². The van der Waals surface area contributed by atoms with Crippen LogP contribution in [0.4, 0.5) is 28.6 Å². The Morgan fingerprint density at radius 2 is 1.80 bits per heavy atom. The van der Waals surface area contributed by atoms with Crippen LogP contribution in [0.2, 0.25) is 0 Å². The standard InChI is InChI=1S/C31H29N8O4P/c1-20-4-2-5-22(14-20)35-23-15-28-31(34-18-23)39(19-43-44(40,41)42)30(37-28)21-6-9-29(33-17-21)36-27-10-11-32-26-8-7-24(16-25(26)27)38-12-3-13-38/h2,4-11,14-18,35H,3,12-13,19H2,1H3,(H,32,33,36)(H2,40,41,42). The number of rotatable bonds is 9. The fourth-order valence-corrected chi connectivity index (χ4v) is 5.46. The molecule has 0 atom stereocenters. The molecule has 0 amide bonds. The Labute approximate surface area is 252 Å². The second kappa shape index (κ2) is 11.3. The van der Waals surface area contributed by atoms with E-state index in [0.717, 1.165) is 46.6 Å². The molecule has 0 aliphatic carbocycles. The predicted octanol–water partition coefficient (Wildman–Crippen LogP) is 6.11. The van der Waals surface area contributed by atoms with Crippen LogP contribution in [0.1, 0.15) is 12.0 Å². The van der Waals surface area contributed by atoms with Crippen molar-refractivity contribution in [3.8, 4) is 11.4 Å². The number of fused-ring (bicyclic) bond motifs is 2. The van der Waals surface area contributed by atoms with Crippen molar-refractivity contribution >= 4 is 58.5 Å². The quantitative estimate of drug-likeness (QED) is 0.141. The van der Waals surface area contributed by atoms with E-state index in [2.05, 4.69) is 42.6 Å². The van der Waals surface area contributed by atoms with Crippen molar-refractivity contribution in [3.63, 3.8) is 0 Å². The number of nitrogens with one attached hydrogen (secondary N) is 2. The number of nitrogens with zero attached hydrogens (tertiary/aromatic N) is 6. The van der Waals surface area contributed by atoms with Gasteiger partial charge in [-0.3, -0.25) is 14.1 Å². The van der Waals surface area contributed by atoms with Gasteiger partial charge in [0.05, 0.1) is 23.1 Å². The van der Waals surface area contributed by atoms with Crippen LogP contribution in [0.15, 0.2) is 85.3 Å². The largest absolute Gasteiger partial charge is 0.471 e. The molecule has 1 fully saturated rings. The molecule has 1 aliphatic heterocycles. The number of pyridine rings is 3. The number of aryl methyl sites for hydroxylation is 1. The molecule has 4 aromatic heterocycles. The highest BCUT2D eigenvalue weighted by molar-refractivity contribution is 7.46. The summed E-state index contributed by atoms with van der Waals surface area (Å²) >= 11 is 0. The lowest BCUT2D eigenvalue weighted by Gasteiger charge is -2.33. The summed E-state index contributed by atoms with van der Waals surface area (Å²) in [5.41, 5.74) is 7.24. The van der Waals surface area contributed by atoms with E-state index in [9.17, 15) is 14.4 Å². The molecule has 1 saturated heterocycles. The molecule has 4 N–H and O–H groups in total. The lowest BCUT2D eigenvalue weighted by atomic mass is 10.1. The van der Waals surface area contributed by atoms with E-state index in [1.54, 1.807) is 18.6 Å². The van der Waals surface area contributed by atoms with E-state index in [0.29, 0.717) is 28.4 Å². The van der Waals surface area contributed by atoms with E-state index in [4.69, 9.17) is 9.51 Å². The van der Waals surface area contributed by atoms with Crippen molar-refractivity contribution in [2.45, 2.75) is 20.1 Å². The van der Waals surface area contributed by atoms with E-state index in [1.807, 2.05) is 61.5 Å². The minimum absolute atomic E-state index is 0.404. The smallest absolute Gasteiger partial charge is 0.371 e. The first-order valence-electron chi connectivity index (χ1n) is 14.1. The maximum atomic E-state index is 11.6. The van der Waals surface area contributed by atoms with Gasteiger partial charge in [0.15, 0.2) is 5.65 Å². The lowest BCUT2D eigenvalue weighted by Crippen LogP contribution is -2.36. The third-order valence-electron chi connectivity index (χ3n) is 7.48. The number of aromatic nitrogens is 5. The maximum absolute atomic E-state index is 11.6. The summed E-state index contributed by atoms with van der Waals surface area (Å²) in [5.74, 6) is 1.02. The van der Waals surface area contributed by atoms with Crippen LogP contribution in [-0.2, 0) is 15.8 Å². The van der Waals surface area contributed by atoms with Crippen LogP contribution < -0.4 is 15.5 Å². The minimum atomic E-state index is -4.75. The SMILES string of the molecule is Cc1cccc(Nc2cnc3c(c2)nc(-c2ccc(Nc4ccnc5ccc(N6CCC6)cc45)nc2)n3COP(=O)(O)O)c1. The van der Waals surface area contributed by atoms with Gasteiger partial charge < -0.3 is 25.3 Å². The molecule has 12 nitrogen and oxygen atoms in total. The zero-order valence-corrected chi connectivity index (χ0v) is 24.6. The van der Waals surface area contributed by atoms with E-state index in [1.165, 1.54) is 16.7 Å². The van der Waals surface area contributed by atoms with Gasteiger partial charge >= 0.3 is 7.82 Å². The molecule has 0 spiro atoms. The molecule has 0 bridgehead atoms. The normalized spacial score (nSPS) is 13.3. The van der Waals surface area contributed by atoms with Crippen LogP contribution in [0.3, 0.4) is 0 Å². The average molecular weight is 609 g/mol. The lowest BCUT2D eigenvalue weighted by molar-refractivity contribution is 0.156. The number of hydrogen-bond acceptors (Lipinski definition) is 9. The number of anilines is 5. The summed E-state index contributed by atoms with van der Waals surface area (Å²) < 4.78 is 17.9. The Morgan fingerprint density at radius 1 is 0.909 bits per heavy atom. The van der Waals surface area contributed by atoms with Crippen LogP contribution in [0.25, 0.3) is 33.5 Å². The molecule has 44 heavy (non-hydrogen) atoms. The van der Waals surface area contributed by atoms with Gasteiger partial charge in [0.25, 0.3) is 0 Å². The molecule has 0 radical (unpaired) electrons. The molecule has 1 aliphatic rings. The third kappa shape index (κ3) is 5.84. The topological polar surface area (TPSA) is 151 Å². The van der Waals surface area contributed by atoms with Gasteiger partial charge in [0, 0.05) is 47.8 Å². The Hall–Kier alpha value is -4.87. The Balaban J connectivity index is 1.20. The molecular formula is C31H29N8O4P. The minimum Gasteiger partial charge on any atom is -0.371 e. The summed E-state index contributed by atoms with van der Waals surface area (Å²) in [6.45, 7) is 3.68. The predicted molar refractivity (Wildman–Crippen MR) is 170 cm³/mol. The zero-order valence-electron chi connectivity index (χ0n) is 23.8. The van der Waals surface area contributed by atoms with Crippen LogP contribution >= 0.6 is 7.82 Å². The number of phosphoric acid groups is 1. The highest BCUT2D eigenvalue weighted by Gasteiger charge is 2.20. The van der Waals surface area contributed by atoms with Crippen molar-refractivity contribution in [2.75, 3.05) is 28.6 Å². The van der Waals surface area contributed by atoms with Crippen molar-refractivity contribution in [2.24, 2.45) is 0 Å². The molecule has 0 unspecified atom stereocenters. The second-order valence-corrected chi connectivity index (χ2v) is 11.9. The third-order valence-corrected chi connectivity index (χ3v) is 7.93. The first-order chi connectivity index (χ1) is 21.3. The van der Waals surface area contributed by atoms with E-state index in [-0.39, 0.29) is 0 Å². The fraction of sp³-hybridized carbons (Fsp3) is 0.161. The van der Waals surface area contributed by atoms with Gasteiger partial charge in [-0.25, -0.2) is 19.5 Å². The van der Waals surface area contributed by atoms with E-state index >= 15 is 0 Å². The molecule has 13 heteroatoms. The zero-order chi connectivity index (χ0) is 30.3. The van der Waals surface area contributed by atoms with Crippen LogP contribution in [0, 0.1) is 6.92 Å². The molecule has 222 valence electrons. The summed E-state index contributed by atoms with van der Waals surface area (Å²) in [4.78, 5) is 39.6. The van der Waals surface area contributed by atoms with Crippen molar-refractivity contribution in [1.82, 2.24) is 24.5 Å². The maximum Gasteiger partial charge on any atom is 0.471 e. The molecule has 6 aromatic rings. The van der Waals surface area contributed by atoms with Crippen LogP contribution in [-0.4, -0.2) is 47.4 Å². The Bertz CT molecular complexity index is 2040. The number of hydrogen-bond donors (Lipinski definition) is 4. The van der Waals surface area contributed by atoms with Crippen LogP contribution in [0.5, 0.6) is 0 Å². The first kappa shape index (κ1) is 27.9. The summed E-state index contributed by atoms with van der Waals surface area (Å²) in [5, 5.41) is 7.73. The molecular weight excluding hydrogens is 579 g/mol. The highest BCUT2D eigenvalue weighted by atomic mass is 31.2. The molecule has 5 heterocycles. The second-order valence-electron chi connectivity index (χ2n) is 10.6. The van der Waals surface area contributed by atoms with Gasteiger partial charge in [-0.05, 0) is 73.5 Å². The fourth-order valence-electron chi connectivity index (χ4n) is 5.20. The Kier molecular flexibility index (Phi) is 7.19. The van der Waals surface area contributed by atoms with E-state index < -0.39 is 14.6 Å². The summed E-state index contributed by atoms with van der Waals surface area (Å²) in [6, 6.07) is 21.6. The average Bonchev–Trinajstić information content (AvgIpc) is 3.33. The monoisotopic (exact) mass is 608 g/mol. The summed E-state index contributed by atoms with van der Waals surface area (Å²) in [7, 11) is -4.75. The molecule has 2 aromatic carbocycles. The van der Waals surface area contributed by atoms with Gasteiger partial charge in [-0.15, -0.1) is 0 Å². The first-order valence-corrected chi connectivity index (χ1v) is 15.6. The number of phosphoric ester groups is 1. The van der Waals surface area contributed by atoms with Gasteiger partial charge in [0.1, 0.15) is 23.9 Å². The van der Waals surface area contributed by atoms with Crippen molar-refractivity contribution in [3.05, 3.63) is 90.9 Å². The number of imidazole rings is 1. The van der Waals surface area contributed by atoms with Crippen molar-refractivity contribution in [1.29, 1.82) is 0 Å². The van der Waals surface area contributed by atoms with Gasteiger partial charge in [-0.2, -0.15) is 0 Å². The molecule has 0 saturated carbocycles. The molecule has 7 rings (SSSR count). The Morgan fingerprint density at radius 3 is 2.55 bits per heavy atom. The van der Waals surface area contributed by atoms with Crippen molar-refractivity contribution < 1.29 is 18.9 Å². The highest BCUT2D eigenvalue weighted by Crippen LogP contribution is 2.38. The van der Waals surface area contributed by atoms with Gasteiger partial charge in [0.2, 0.25) is 0 Å². The number of benzene rings is 2.